The van der Waals surface area contributed by atoms with E-state index in [1.54, 1.807) is 6.92 Å². The molecule has 2 aliphatic heterocycles. The van der Waals surface area contributed by atoms with Crippen LogP contribution in [-0.2, 0) is 9.47 Å². The average molecular weight is 313 g/mol. The van der Waals surface area contributed by atoms with E-state index in [4.69, 9.17) is 21.7 Å². The fraction of sp³-hybridized carbons (Fsp3) is 0.583. The lowest BCUT2D eigenvalue weighted by Crippen LogP contribution is -2.48. The van der Waals surface area contributed by atoms with Gasteiger partial charge in [-0.25, -0.2) is 4.79 Å². The minimum atomic E-state index is -0.741. The van der Waals surface area contributed by atoms with Crippen molar-refractivity contribution in [1.82, 2.24) is 14.9 Å². The molecule has 0 unspecified atom stereocenters. The highest BCUT2D eigenvalue weighted by molar-refractivity contribution is 7.80. The first kappa shape index (κ1) is 14.2. The minimum Gasteiger partial charge on any atom is -0.462 e. The van der Waals surface area contributed by atoms with E-state index in [9.17, 15) is 14.7 Å². The SMILES string of the molecule is Cc1cn([C@@H]2O[C@H](CO)[C@H]3CNC(=S)O[C@H]32)c(=O)[nH]c1=O. The quantitative estimate of drug-likeness (QED) is 0.578. The van der Waals surface area contributed by atoms with Crippen LogP contribution in [0, 0.1) is 12.8 Å². The number of aliphatic hydroxyl groups is 1. The second-order valence-electron chi connectivity index (χ2n) is 5.14. The van der Waals surface area contributed by atoms with E-state index in [1.807, 2.05) is 0 Å². The number of aliphatic hydroxyl groups excluding tert-OH is 1. The maximum Gasteiger partial charge on any atom is 0.330 e. The third-order valence-corrected chi connectivity index (χ3v) is 4.06. The van der Waals surface area contributed by atoms with Crippen molar-refractivity contribution in [3.05, 3.63) is 32.6 Å². The van der Waals surface area contributed by atoms with Crippen LogP contribution in [0.2, 0.25) is 0 Å². The van der Waals surface area contributed by atoms with Gasteiger partial charge in [-0.15, -0.1) is 0 Å². The van der Waals surface area contributed by atoms with E-state index in [1.165, 1.54) is 10.8 Å². The summed E-state index contributed by atoms with van der Waals surface area (Å²) >= 11 is 4.99. The van der Waals surface area contributed by atoms with Crippen LogP contribution in [0.25, 0.3) is 0 Å². The highest BCUT2D eigenvalue weighted by Crippen LogP contribution is 2.36. The second-order valence-corrected chi connectivity index (χ2v) is 5.51. The van der Waals surface area contributed by atoms with Crippen molar-refractivity contribution >= 4 is 17.4 Å². The van der Waals surface area contributed by atoms with Crippen LogP contribution in [0.4, 0.5) is 0 Å². The van der Waals surface area contributed by atoms with Gasteiger partial charge in [-0.1, -0.05) is 0 Å². The van der Waals surface area contributed by atoms with Crippen LogP contribution in [0.5, 0.6) is 0 Å². The first-order valence-corrected chi connectivity index (χ1v) is 6.95. The van der Waals surface area contributed by atoms with Gasteiger partial charge >= 0.3 is 5.69 Å². The Morgan fingerprint density at radius 2 is 2.29 bits per heavy atom. The van der Waals surface area contributed by atoms with Crippen molar-refractivity contribution in [2.75, 3.05) is 13.2 Å². The lowest BCUT2D eigenvalue weighted by Gasteiger charge is -2.30. The molecule has 0 radical (unpaired) electrons. The molecule has 0 bridgehead atoms. The van der Waals surface area contributed by atoms with Crippen LogP contribution in [0.15, 0.2) is 15.8 Å². The molecule has 3 heterocycles. The number of ether oxygens (including phenoxy) is 2. The number of aromatic amines is 1. The Bertz CT molecular complexity index is 684. The van der Waals surface area contributed by atoms with Gasteiger partial charge in [-0.3, -0.25) is 14.3 Å². The smallest absolute Gasteiger partial charge is 0.330 e. The van der Waals surface area contributed by atoms with Gasteiger partial charge in [-0.2, -0.15) is 0 Å². The normalized spacial score (nSPS) is 31.4. The lowest BCUT2D eigenvalue weighted by atomic mass is 9.97. The molecule has 21 heavy (non-hydrogen) atoms. The maximum absolute atomic E-state index is 12.0. The Morgan fingerprint density at radius 3 is 3.00 bits per heavy atom. The molecule has 4 atom stereocenters. The molecule has 2 fully saturated rings. The zero-order chi connectivity index (χ0) is 15.1. The van der Waals surface area contributed by atoms with Crippen LogP contribution in [0.1, 0.15) is 11.8 Å². The molecule has 3 rings (SSSR count). The zero-order valence-electron chi connectivity index (χ0n) is 11.2. The van der Waals surface area contributed by atoms with Crippen molar-refractivity contribution in [1.29, 1.82) is 0 Å². The number of hydrogen-bond donors (Lipinski definition) is 3. The third kappa shape index (κ3) is 2.37. The van der Waals surface area contributed by atoms with Crippen LogP contribution in [0.3, 0.4) is 0 Å². The van der Waals surface area contributed by atoms with Gasteiger partial charge in [0.05, 0.1) is 12.7 Å². The Kier molecular flexibility index (Phi) is 3.56. The van der Waals surface area contributed by atoms with Crippen molar-refractivity contribution in [3.63, 3.8) is 0 Å². The highest BCUT2D eigenvalue weighted by Gasteiger charge is 2.49. The van der Waals surface area contributed by atoms with Gasteiger partial charge in [0, 0.05) is 24.2 Å². The van der Waals surface area contributed by atoms with Gasteiger partial charge in [-0.05, 0) is 19.1 Å². The summed E-state index contributed by atoms with van der Waals surface area (Å²) in [5.41, 5.74) is -0.633. The average Bonchev–Trinajstić information content (AvgIpc) is 2.80. The van der Waals surface area contributed by atoms with Gasteiger partial charge in [0.2, 0.25) is 0 Å². The Balaban J connectivity index is 2.01. The van der Waals surface area contributed by atoms with Crippen LogP contribution >= 0.6 is 12.2 Å². The minimum absolute atomic E-state index is 0.133. The molecular weight excluding hydrogens is 298 g/mol. The fourth-order valence-corrected chi connectivity index (χ4v) is 2.91. The number of aryl methyl sites for hydroxylation is 1. The topological polar surface area (TPSA) is 106 Å². The first-order valence-electron chi connectivity index (χ1n) is 6.54. The molecule has 2 saturated heterocycles. The molecule has 8 nitrogen and oxygen atoms in total. The second kappa shape index (κ2) is 5.24. The number of H-pyrrole nitrogens is 1. The molecule has 0 aliphatic carbocycles. The number of rotatable bonds is 2. The Morgan fingerprint density at radius 1 is 1.52 bits per heavy atom. The number of aromatic nitrogens is 2. The van der Waals surface area contributed by atoms with Gasteiger partial charge in [0.25, 0.3) is 10.7 Å². The predicted octanol–water partition coefficient (Wildman–Crippen LogP) is -1.38. The standard InChI is InChI=1S/C12H15N3O5S/c1-5-3-15(11(18)14-9(5)17)10-8-6(7(4-16)19-10)2-13-12(21)20-8/h3,6-8,10,16H,2,4H2,1H3,(H,13,21)(H,14,17,18)/t6-,7-,8-,10-/m1/s1. The number of fused-ring (bicyclic) bond motifs is 1. The van der Waals surface area contributed by atoms with Gasteiger partial charge in [0.1, 0.15) is 0 Å². The van der Waals surface area contributed by atoms with E-state index in [0.717, 1.165) is 0 Å². The van der Waals surface area contributed by atoms with Gasteiger partial charge in [0.15, 0.2) is 12.3 Å². The summed E-state index contributed by atoms with van der Waals surface area (Å²) in [6.07, 6.45) is -0.263. The largest absolute Gasteiger partial charge is 0.462 e. The molecule has 1 aromatic rings. The van der Waals surface area contributed by atoms with Crippen molar-refractivity contribution in [3.8, 4) is 0 Å². The summed E-state index contributed by atoms with van der Waals surface area (Å²) in [4.78, 5) is 25.7. The summed E-state index contributed by atoms with van der Waals surface area (Å²) in [7, 11) is 0. The highest BCUT2D eigenvalue weighted by atomic mass is 32.1. The fourth-order valence-electron chi connectivity index (χ4n) is 2.72. The summed E-state index contributed by atoms with van der Waals surface area (Å²) in [5, 5.41) is 12.5. The molecule has 0 aromatic carbocycles. The van der Waals surface area contributed by atoms with E-state index in [-0.39, 0.29) is 17.7 Å². The number of nitrogens with one attached hydrogen (secondary N) is 2. The summed E-state index contributed by atoms with van der Waals surface area (Å²) in [6, 6.07) is 0. The van der Waals surface area contributed by atoms with Crippen molar-refractivity contribution in [2.24, 2.45) is 5.92 Å². The molecule has 3 N–H and O–H groups in total. The zero-order valence-corrected chi connectivity index (χ0v) is 12.1. The van der Waals surface area contributed by atoms with E-state index in [0.29, 0.717) is 12.1 Å². The predicted molar refractivity (Wildman–Crippen MR) is 76.0 cm³/mol. The summed E-state index contributed by atoms with van der Waals surface area (Å²) < 4.78 is 12.6. The maximum atomic E-state index is 12.0. The number of hydrogen-bond acceptors (Lipinski definition) is 6. The Hall–Kier alpha value is -1.71. The van der Waals surface area contributed by atoms with E-state index >= 15 is 0 Å². The third-order valence-electron chi connectivity index (χ3n) is 3.82. The molecule has 9 heteroatoms. The monoisotopic (exact) mass is 313 g/mol. The van der Waals surface area contributed by atoms with Crippen molar-refractivity contribution < 1.29 is 14.6 Å². The Labute approximate surface area is 124 Å². The molecule has 114 valence electrons. The molecule has 0 amide bonds. The van der Waals surface area contributed by atoms with Crippen LogP contribution < -0.4 is 16.6 Å². The lowest BCUT2D eigenvalue weighted by molar-refractivity contribution is -0.0502. The molecular formula is C12H15N3O5S. The van der Waals surface area contributed by atoms with E-state index in [2.05, 4.69) is 10.3 Å². The summed E-state index contributed by atoms with van der Waals surface area (Å²) in [6.45, 7) is 1.91. The van der Waals surface area contributed by atoms with Crippen LogP contribution in [-0.4, -0.2) is 45.2 Å². The molecule has 1 aromatic heterocycles. The van der Waals surface area contributed by atoms with E-state index < -0.39 is 29.7 Å². The first-order chi connectivity index (χ1) is 10.0. The molecule has 0 spiro atoms. The van der Waals surface area contributed by atoms with Crippen molar-refractivity contribution in [2.45, 2.75) is 25.4 Å². The van der Waals surface area contributed by atoms with Gasteiger partial charge < -0.3 is 19.9 Å². The molecule has 2 aliphatic rings. The number of thiocarbonyl (C=S) groups is 1. The molecule has 0 saturated carbocycles. The summed E-state index contributed by atoms with van der Waals surface area (Å²) in [5.74, 6) is -0.133. The number of nitrogens with zero attached hydrogens (tertiary/aromatic N) is 1.